The van der Waals surface area contributed by atoms with Crippen molar-refractivity contribution in [2.45, 2.75) is 0 Å². The molecule has 0 fully saturated rings. The van der Waals surface area contributed by atoms with Gasteiger partial charge in [-0.15, -0.1) is 10.2 Å². The lowest BCUT2D eigenvalue weighted by Crippen LogP contribution is -1.97. The van der Waals surface area contributed by atoms with Crippen molar-refractivity contribution in [3.63, 3.8) is 0 Å². The molecule has 0 spiro atoms. The second-order valence-corrected chi connectivity index (χ2v) is 6.36. The van der Waals surface area contributed by atoms with E-state index in [1.807, 2.05) is 54.6 Å². The summed E-state index contributed by atoms with van der Waals surface area (Å²) in [4.78, 5) is 0. The predicted molar refractivity (Wildman–Crippen MR) is 99.1 cm³/mol. The van der Waals surface area contributed by atoms with Gasteiger partial charge in [0.1, 0.15) is 5.69 Å². The van der Waals surface area contributed by atoms with Crippen LogP contribution in [0.3, 0.4) is 0 Å². The summed E-state index contributed by atoms with van der Waals surface area (Å²) < 4.78 is 20.4. The van der Waals surface area contributed by atoms with E-state index in [2.05, 4.69) is 26.1 Å². The van der Waals surface area contributed by atoms with Gasteiger partial charge >= 0.3 is 0 Å². The van der Waals surface area contributed by atoms with Crippen LogP contribution in [0.15, 0.2) is 77.3 Å². The first-order chi connectivity index (χ1) is 12.2. The van der Waals surface area contributed by atoms with Crippen LogP contribution in [0.2, 0.25) is 0 Å². The third kappa shape index (κ3) is 3.10. The highest BCUT2D eigenvalue weighted by atomic mass is 79.9. The summed E-state index contributed by atoms with van der Waals surface area (Å²) in [5, 5.41) is 10.2. The van der Waals surface area contributed by atoms with E-state index in [0.29, 0.717) is 4.47 Å². The summed E-state index contributed by atoms with van der Waals surface area (Å²) in [5.41, 5.74) is 1.73. The fourth-order valence-corrected chi connectivity index (χ4v) is 2.96. The standard InChI is InChI=1S/C20H12BrFN2O/c21-14-10-11-18(17(22)12-14)25-20-16-9-5-4-8-15(16)19(23-24-20)13-6-2-1-3-7-13/h1-12H. The Hall–Kier alpha value is -2.79. The third-order valence-corrected chi connectivity index (χ3v) is 4.29. The van der Waals surface area contributed by atoms with E-state index in [1.165, 1.54) is 6.07 Å². The normalized spacial score (nSPS) is 10.8. The molecule has 5 heteroatoms. The molecule has 1 heterocycles. The number of hydrogen-bond acceptors (Lipinski definition) is 3. The van der Waals surface area contributed by atoms with Crippen molar-refractivity contribution in [1.29, 1.82) is 0 Å². The van der Waals surface area contributed by atoms with Gasteiger partial charge in [0.05, 0.1) is 0 Å². The Bertz CT molecular complexity index is 1050. The average Bonchev–Trinajstić information content (AvgIpc) is 2.65. The van der Waals surface area contributed by atoms with Gasteiger partial charge in [0.2, 0.25) is 5.88 Å². The molecule has 0 bridgehead atoms. The molecule has 0 atom stereocenters. The fourth-order valence-electron chi connectivity index (χ4n) is 2.63. The quantitative estimate of drug-likeness (QED) is 0.427. The Labute approximate surface area is 152 Å². The molecule has 0 saturated carbocycles. The van der Waals surface area contributed by atoms with Gasteiger partial charge < -0.3 is 4.74 Å². The first-order valence-electron chi connectivity index (χ1n) is 7.66. The maximum Gasteiger partial charge on any atom is 0.246 e. The van der Waals surface area contributed by atoms with Crippen LogP contribution in [0.25, 0.3) is 22.0 Å². The topological polar surface area (TPSA) is 35.0 Å². The molecule has 0 aliphatic rings. The van der Waals surface area contributed by atoms with Gasteiger partial charge in [-0.2, -0.15) is 0 Å². The highest BCUT2D eigenvalue weighted by Crippen LogP contribution is 2.34. The predicted octanol–water partition coefficient (Wildman–Crippen LogP) is 5.99. The molecule has 122 valence electrons. The van der Waals surface area contributed by atoms with Crippen LogP contribution in [0.4, 0.5) is 4.39 Å². The number of aromatic nitrogens is 2. The molecule has 25 heavy (non-hydrogen) atoms. The van der Waals surface area contributed by atoms with E-state index in [1.54, 1.807) is 12.1 Å². The second kappa shape index (κ2) is 6.61. The van der Waals surface area contributed by atoms with E-state index >= 15 is 0 Å². The van der Waals surface area contributed by atoms with Gasteiger partial charge in [0, 0.05) is 20.8 Å². The molecule has 0 radical (unpaired) electrons. The van der Waals surface area contributed by atoms with Crippen molar-refractivity contribution in [2.24, 2.45) is 0 Å². The van der Waals surface area contributed by atoms with Gasteiger partial charge in [-0.3, -0.25) is 0 Å². The summed E-state index contributed by atoms with van der Waals surface area (Å²) in [6.45, 7) is 0. The van der Waals surface area contributed by atoms with Crippen molar-refractivity contribution in [1.82, 2.24) is 10.2 Å². The molecular formula is C20H12BrFN2O. The summed E-state index contributed by atoms with van der Waals surface area (Å²) >= 11 is 3.23. The van der Waals surface area contributed by atoms with Crippen molar-refractivity contribution in [2.75, 3.05) is 0 Å². The number of nitrogens with zero attached hydrogens (tertiary/aromatic N) is 2. The molecule has 0 saturated heterocycles. The third-order valence-electron chi connectivity index (χ3n) is 3.80. The van der Waals surface area contributed by atoms with Gasteiger partial charge in [0.15, 0.2) is 11.6 Å². The Balaban J connectivity index is 1.84. The summed E-state index contributed by atoms with van der Waals surface area (Å²) in [6, 6.07) is 22.1. The molecule has 4 rings (SSSR count). The molecule has 0 aliphatic heterocycles. The minimum absolute atomic E-state index is 0.107. The van der Waals surface area contributed by atoms with Crippen molar-refractivity contribution >= 4 is 26.7 Å². The zero-order valence-corrected chi connectivity index (χ0v) is 14.6. The summed E-state index contributed by atoms with van der Waals surface area (Å²) in [5.74, 6) is -0.0843. The van der Waals surface area contributed by atoms with Crippen LogP contribution in [-0.2, 0) is 0 Å². The van der Waals surface area contributed by atoms with Crippen molar-refractivity contribution < 1.29 is 9.13 Å². The molecule has 0 unspecified atom stereocenters. The zero-order valence-electron chi connectivity index (χ0n) is 13.0. The lowest BCUT2D eigenvalue weighted by Gasteiger charge is -2.11. The van der Waals surface area contributed by atoms with Gasteiger partial charge in [-0.1, -0.05) is 64.5 Å². The van der Waals surface area contributed by atoms with Gasteiger partial charge in [-0.25, -0.2) is 4.39 Å². The van der Waals surface area contributed by atoms with E-state index in [4.69, 9.17) is 4.74 Å². The lowest BCUT2D eigenvalue weighted by molar-refractivity contribution is 0.427. The van der Waals surface area contributed by atoms with Crippen LogP contribution >= 0.6 is 15.9 Å². The largest absolute Gasteiger partial charge is 0.434 e. The van der Waals surface area contributed by atoms with Crippen LogP contribution in [0.5, 0.6) is 11.6 Å². The molecule has 0 amide bonds. The van der Waals surface area contributed by atoms with Crippen LogP contribution < -0.4 is 4.74 Å². The van der Waals surface area contributed by atoms with Crippen molar-refractivity contribution in [3.05, 3.63) is 83.1 Å². The first kappa shape index (κ1) is 15.7. The van der Waals surface area contributed by atoms with Crippen LogP contribution in [0.1, 0.15) is 0 Å². The lowest BCUT2D eigenvalue weighted by atomic mass is 10.1. The second-order valence-electron chi connectivity index (χ2n) is 5.44. The van der Waals surface area contributed by atoms with E-state index in [0.717, 1.165) is 22.0 Å². The highest BCUT2D eigenvalue weighted by molar-refractivity contribution is 9.10. The smallest absolute Gasteiger partial charge is 0.246 e. The van der Waals surface area contributed by atoms with Crippen molar-refractivity contribution in [3.8, 4) is 22.9 Å². The number of hydrogen-bond donors (Lipinski definition) is 0. The number of halogens is 2. The first-order valence-corrected chi connectivity index (χ1v) is 8.45. The summed E-state index contributed by atoms with van der Waals surface area (Å²) in [7, 11) is 0. The molecule has 1 aromatic heterocycles. The maximum atomic E-state index is 14.1. The SMILES string of the molecule is Fc1cc(Br)ccc1Oc1nnc(-c2ccccc2)c2ccccc12. The zero-order chi connectivity index (χ0) is 17.2. The number of ether oxygens (including phenoxy) is 1. The average molecular weight is 395 g/mol. The molecule has 3 nitrogen and oxygen atoms in total. The molecule has 3 aromatic carbocycles. The summed E-state index contributed by atoms with van der Waals surface area (Å²) in [6.07, 6.45) is 0. The number of benzene rings is 3. The van der Waals surface area contributed by atoms with E-state index in [9.17, 15) is 4.39 Å². The molecule has 0 aliphatic carbocycles. The molecular weight excluding hydrogens is 383 g/mol. The Kier molecular flexibility index (Phi) is 4.15. The fraction of sp³-hybridized carbons (Fsp3) is 0. The van der Waals surface area contributed by atoms with E-state index < -0.39 is 5.82 Å². The molecule has 4 aromatic rings. The Morgan fingerprint density at radius 2 is 1.52 bits per heavy atom. The highest BCUT2D eigenvalue weighted by Gasteiger charge is 2.14. The Morgan fingerprint density at radius 1 is 0.800 bits per heavy atom. The van der Waals surface area contributed by atoms with Gasteiger partial charge in [0.25, 0.3) is 0 Å². The minimum atomic E-state index is -0.465. The number of rotatable bonds is 3. The Morgan fingerprint density at radius 3 is 2.28 bits per heavy atom. The number of fused-ring (bicyclic) bond motifs is 1. The van der Waals surface area contributed by atoms with E-state index in [-0.39, 0.29) is 11.6 Å². The monoisotopic (exact) mass is 394 g/mol. The van der Waals surface area contributed by atoms with Crippen LogP contribution in [-0.4, -0.2) is 10.2 Å². The molecule has 0 N–H and O–H groups in total. The van der Waals surface area contributed by atoms with Gasteiger partial charge in [-0.05, 0) is 24.3 Å². The minimum Gasteiger partial charge on any atom is -0.434 e. The van der Waals surface area contributed by atoms with Crippen LogP contribution in [0, 0.1) is 5.82 Å². The maximum absolute atomic E-state index is 14.1.